The van der Waals surface area contributed by atoms with Crippen LogP contribution in [0.5, 0.6) is 0 Å². The molecule has 1 heterocycles. The van der Waals surface area contributed by atoms with E-state index in [9.17, 15) is 9.90 Å². The van der Waals surface area contributed by atoms with Gasteiger partial charge in [0.15, 0.2) is 0 Å². The third-order valence-electron chi connectivity index (χ3n) is 4.80. The number of halogens is 1. The number of rotatable bonds is 5. The molecule has 1 unspecified atom stereocenters. The average Bonchev–Trinajstić information content (AvgIpc) is 3.20. The van der Waals surface area contributed by atoms with Gasteiger partial charge in [-0.3, -0.25) is 4.79 Å². The van der Waals surface area contributed by atoms with Crippen LogP contribution in [0.4, 0.5) is 0 Å². The maximum atomic E-state index is 12.7. The Balaban J connectivity index is 0.00000192. The van der Waals surface area contributed by atoms with Crippen molar-refractivity contribution >= 4 is 18.3 Å². The topological polar surface area (TPSA) is 61.4 Å². The van der Waals surface area contributed by atoms with Crippen molar-refractivity contribution < 1.29 is 9.90 Å². The highest BCUT2D eigenvalue weighted by atomic mass is 35.5. The summed E-state index contributed by atoms with van der Waals surface area (Å²) >= 11 is 0. The third kappa shape index (κ3) is 4.14. The summed E-state index contributed by atoms with van der Waals surface area (Å²) in [6, 6.07) is 7.84. The number of carbonyl (C=O) groups excluding carboxylic acids is 1. The van der Waals surface area contributed by atoms with Gasteiger partial charge >= 0.3 is 0 Å². The lowest BCUT2D eigenvalue weighted by Gasteiger charge is -2.28. The first-order valence-corrected chi connectivity index (χ1v) is 8.09. The molecule has 126 valence electrons. The van der Waals surface area contributed by atoms with E-state index in [-0.39, 0.29) is 24.9 Å². The highest BCUT2D eigenvalue weighted by Crippen LogP contribution is 2.25. The zero-order chi connectivity index (χ0) is 15.4. The van der Waals surface area contributed by atoms with E-state index in [1.165, 1.54) is 6.42 Å². The van der Waals surface area contributed by atoms with Crippen LogP contribution in [0.2, 0.25) is 0 Å². The molecule has 3 N–H and O–H groups in total. The fourth-order valence-corrected chi connectivity index (χ4v) is 3.40. The number of aliphatic hydroxyl groups is 1. The second kappa shape index (κ2) is 7.95. The minimum Gasteiger partial charge on any atom is -0.394 e. The van der Waals surface area contributed by atoms with Crippen molar-refractivity contribution in [3.05, 3.63) is 47.5 Å². The minimum absolute atomic E-state index is 0. The van der Waals surface area contributed by atoms with Gasteiger partial charge in [-0.15, -0.1) is 12.4 Å². The van der Waals surface area contributed by atoms with Crippen LogP contribution in [0.15, 0.2) is 36.4 Å². The zero-order valence-corrected chi connectivity index (χ0v) is 14.1. The number of hydrogen-bond donors (Lipinski definition) is 3. The van der Waals surface area contributed by atoms with Gasteiger partial charge in [0.05, 0.1) is 12.1 Å². The van der Waals surface area contributed by atoms with Crippen molar-refractivity contribution in [1.29, 1.82) is 0 Å². The molecule has 0 aromatic heterocycles. The molecule has 1 aliphatic carbocycles. The monoisotopic (exact) mass is 336 g/mol. The quantitative estimate of drug-likeness (QED) is 0.721. The van der Waals surface area contributed by atoms with Crippen LogP contribution in [0.1, 0.15) is 35.2 Å². The SMILES string of the molecule is Cl.O=C(NC1(CO)CC=CC1)c1ccccc1CC1CCNC1. The van der Waals surface area contributed by atoms with E-state index < -0.39 is 5.54 Å². The lowest BCUT2D eigenvalue weighted by atomic mass is 9.93. The molecule has 1 aliphatic heterocycles. The normalized spacial score (nSPS) is 21.9. The molecule has 23 heavy (non-hydrogen) atoms. The standard InChI is InChI=1S/C18H24N2O2.ClH/c21-13-18(8-3-4-9-18)20-17(22)16-6-2-1-5-15(16)11-14-7-10-19-12-14;/h1-6,14,19,21H,7-13H2,(H,20,22);1H. The predicted octanol–water partition coefficient (Wildman–Crippen LogP) is 2.07. The van der Waals surface area contributed by atoms with Crippen LogP contribution in [0.3, 0.4) is 0 Å². The van der Waals surface area contributed by atoms with Gasteiger partial charge in [0, 0.05) is 5.56 Å². The first-order valence-electron chi connectivity index (χ1n) is 8.09. The highest BCUT2D eigenvalue weighted by molar-refractivity contribution is 5.96. The van der Waals surface area contributed by atoms with Crippen molar-refractivity contribution in [2.75, 3.05) is 19.7 Å². The number of amides is 1. The Bertz CT molecular complexity index is 560. The van der Waals surface area contributed by atoms with E-state index in [0.717, 1.165) is 30.6 Å². The smallest absolute Gasteiger partial charge is 0.252 e. The van der Waals surface area contributed by atoms with E-state index in [1.807, 2.05) is 36.4 Å². The van der Waals surface area contributed by atoms with E-state index in [1.54, 1.807) is 0 Å². The second-order valence-corrected chi connectivity index (χ2v) is 6.49. The molecule has 1 atom stereocenters. The molecule has 1 amide bonds. The maximum Gasteiger partial charge on any atom is 0.252 e. The van der Waals surface area contributed by atoms with E-state index in [2.05, 4.69) is 10.6 Å². The van der Waals surface area contributed by atoms with Crippen LogP contribution < -0.4 is 10.6 Å². The summed E-state index contributed by atoms with van der Waals surface area (Å²) in [5.74, 6) is 0.535. The summed E-state index contributed by atoms with van der Waals surface area (Å²) in [6.07, 6.45) is 7.54. The summed E-state index contributed by atoms with van der Waals surface area (Å²) in [7, 11) is 0. The summed E-state index contributed by atoms with van der Waals surface area (Å²) in [5, 5.41) is 16.1. The Morgan fingerprint density at radius 2 is 2.04 bits per heavy atom. The molecule has 1 saturated heterocycles. The predicted molar refractivity (Wildman–Crippen MR) is 94.0 cm³/mol. The second-order valence-electron chi connectivity index (χ2n) is 6.49. The van der Waals surface area contributed by atoms with Gasteiger partial charge in [-0.1, -0.05) is 30.4 Å². The lowest BCUT2D eigenvalue weighted by molar-refractivity contribution is 0.0844. The Hall–Kier alpha value is -1.36. The van der Waals surface area contributed by atoms with Gasteiger partial charge in [-0.2, -0.15) is 0 Å². The van der Waals surface area contributed by atoms with Gasteiger partial charge < -0.3 is 15.7 Å². The van der Waals surface area contributed by atoms with Crippen LogP contribution in [0, 0.1) is 5.92 Å². The molecule has 4 nitrogen and oxygen atoms in total. The minimum atomic E-state index is -0.515. The number of hydrogen-bond acceptors (Lipinski definition) is 3. The van der Waals surface area contributed by atoms with Crippen molar-refractivity contribution in [1.82, 2.24) is 10.6 Å². The summed E-state index contributed by atoms with van der Waals surface area (Å²) in [6.45, 7) is 2.07. The molecule has 1 aromatic carbocycles. The molecule has 0 spiro atoms. The van der Waals surface area contributed by atoms with Gasteiger partial charge in [-0.25, -0.2) is 0 Å². The lowest BCUT2D eigenvalue weighted by Crippen LogP contribution is -2.49. The Morgan fingerprint density at radius 1 is 1.30 bits per heavy atom. The fraction of sp³-hybridized carbons (Fsp3) is 0.500. The molecule has 1 fully saturated rings. The molecule has 0 radical (unpaired) electrons. The summed E-state index contributed by atoms with van der Waals surface area (Å²) in [4.78, 5) is 12.7. The van der Waals surface area contributed by atoms with E-state index in [0.29, 0.717) is 18.8 Å². The molecular weight excluding hydrogens is 312 g/mol. The third-order valence-corrected chi connectivity index (χ3v) is 4.80. The number of aliphatic hydroxyl groups excluding tert-OH is 1. The molecule has 3 rings (SSSR count). The van der Waals surface area contributed by atoms with Crippen molar-refractivity contribution in [3.8, 4) is 0 Å². The number of nitrogens with one attached hydrogen (secondary N) is 2. The van der Waals surface area contributed by atoms with Crippen LogP contribution in [0.25, 0.3) is 0 Å². The molecule has 0 saturated carbocycles. The zero-order valence-electron chi connectivity index (χ0n) is 13.3. The number of benzene rings is 1. The van der Waals surface area contributed by atoms with Crippen molar-refractivity contribution in [2.45, 2.75) is 31.2 Å². The van der Waals surface area contributed by atoms with Crippen molar-refractivity contribution in [2.24, 2.45) is 5.92 Å². The first-order chi connectivity index (χ1) is 10.7. The fourth-order valence-electron chi connectivity index (χ4n) is 3.40. The van der Waals surface area contributed by atoms with Crippen molar-refractivity contribution in [3.63, 3.8) is 0 Å². The van der Waals surface area contributed by atoms with E-state index >= 15 is 0 Å². The van der Waals surface area contributed by atoms with Crippen LogP contribution in [-0.4, -0.2) is 36.2 Å². The van der Waals surface area contributed by atoms with E-state index in [4.69, 9.17) is 0 Å². The summed E-state index contributed by atoms with van der Waals surface area (Å²) < 4.78 is 0. The molecule has 2 aliphatic rings. The van der Waals surface area contributed by atoms with Gasteiger partial charge in [0.25, 0.3) is 5.91 Å². The Morgan fingerprint density at radius 3 is 2.70 bits per heavy atom. The molecule has 0 bridgehead atoms. The Labute approximate surface area is 143 Å². The molecule has 5 heteroatoms. The largest absolute Gasteiger partial charge is 0.394 e. The van der Waals surface area contributed by atoms with Gasteiger partial charge in [0.1, 0.15) is 0 Å². The highest BCUT2D eigenvalue weighted by Gasteiger charge is 2.32. The number of carbonyl (C=O) groups is 1. The Kier molecular flexibility index (Phi) is 6.22. The maximum absolute atomic E-state index is 12.7. The molecular formula is C18H25ClN2O2. The van der Waals surface area contributed by atoms with Gasteiger partial charge in [0.2, 0.25) is 0 Å². The molecule has 1 aromatic rings. The average molecular weight is 337 g/mol. The van der Waals surface area contributed by atoms with Crippen LogP contribution in [-0.2, 0) is 6.42 Å². The summed E-state index contributed by atoms with van der Waals surface area (Å²) in [5.41, 5.74) is 1.33. The van der Waals surface area contributed by atoms with Gasteiger partial charge in [-0.05, 0) is 56.3 Å². The first kappa shape index (κ1) is 18.0. The van der Waals surface area contributed by atoms with Crippen LogP contribution >= 0.6 is 12.4 Å².